The van der Waals surface area contributed by atoms with Gasteiger partial charge in [0, 0.05) is 10.6 Å². The summed E-state index contributed by atoms with van der Waals surface area (Å²) < 4.78 is 55.9. The maximum atomic E-state index is 13.6. The quantitative estimate of drug-likeness (QED) is 0.293. The Balaban J connectivity index is 1.82. The molecule has 0 aliphatic carbocycles. The number of halogens is 7. The number of imidazole rings is 1. The van der Waals surface area contributed by atoms with E-state index in [1.807, 2.05) is 0 Å². The second-order valence-electron chi connectivity index (χ2n) is 8.26. The number of aliphatic hydroxyl groups excluding tert-OH is 2. The van der Waals surface area contributed by atoms with Gasteiger partial charge in [-0.05, 0) is 37.3 Å². The highest BCUT2D eigenvalue weighted by Gasteiger charge is 2.39. The lowest BCUT2D eigenvalue weighted by Gasteiger charge is -2.16. The SMILES string of the molecule is C[C@H](O)c1nc(Cn2c(Cl)c(-c3ccc(Cl)cc3)n(CC(O)C(F)(F)F)c2=O)nn1-c1ccc(F)c(Cl)c1. The van der Waals surface area contributed by atoms with Crippen LogP contribution in [-0.2, 0) is 13.1 Å². The van der Waals surface area contributed by atoms with Crippen LogP contribution in [0.15, 0.2) is 47.3 Å². The van der Waals surface area contributed by atoms with Crippen molar-refractivity contribution in [3.8, 4) is 16.9 Å². The van der Waals surface area contributed by atoms with Gasteiger partial charge in [-0.25, -0.2) is 18.9 Å². The Labute approximate surface area is 227 Å². The summed E-state index contributed by atoms with van der Waals surface area (Å²) in [5.41, 5.74) is -0.522. The fourth-order valence-corrected chi connectivity index (χ4v) is 4.33. The lowest BCUT2D eigenvalue weighted by molar-refractivity contribution is -0.207. The number of hydrogen-bond donors (Lipinski definition) is 2. The molecule has 0 saturated carbocycles. The van der Waals surface area contributed by atoms with Crippen LogP contribution in [0, 0.1) is 5.82 Å². The van der Waals surface area contributed by atoms with Crippen LogP contribution in [0.25, 0.3) is 16.9 Å². The topological polar surface area (TPSA) is 98.1 Å². The predicted octanol–water partition coefficient (Wildman–Crippen LogP) is 5.02. The van der Waals surface area contributed by atoms with E-state index in [4.69, 9.17) is 34.8 Å². The Morgan fingerprint density at radius 2 is 1.68 bits per heavy atom. The first-order valence-electron chi connectivity index (χ1n) is 10.9. The molecule has 2 atom stereocenters. The van der Waals surface area contributed by atoms with Crippen molar-refractivity contribution in [1.29, 1.82) is 0 Å². The minimum atomic E-state index is -4.99. The van der Waals surface area contributed by atoms with Gasteiger partial charge in [-0.1, -0.05) is 46.9 Å². The molecule has 4 rings (SSSR count). The summed E-state index contributed by atoms with van der Waals surface area (Å²) in [6.07, 6.45) is -8.99. The monoisotopic (exact) mass is 593 g/mol. The summed E-state index contributed by atoms with van der Waals surface area (Å²) in [5, 5.41) is 24.0. The second-order valence-corrected chi connectivity index (χ2v) is 9.46. The van der Waals surface area contributed by atoms with Crippen molar-refractivity contribution in [1.82, 2.24) is 23.9 Å². The van der Waals surface area contributed by atoms with Gasteiger partial charge in [0.15, 0.2) is 17.8 Å². The van der Waals surface area contributed by atoms with Crippen LogP contribution in [0.1, 0.15) is 24.7 Å². The maximum absolute atomic E-state index is 13.6. The molecule has 202 valence electrons. The molecule has 38 heavy (non-hydrogen) atoms. The first-order chi connectivity index (χ1) is 17.8. The Morgan fingerprint density at radius 1 is 1.03 bits per heavy atom. The smallest absolute Gasteiger partial charge is 0.385 e. The van der Waals surface area contributed by atoms with Crippen LogP contribution in [0.5, 0.6) is 0 Å². The number of aliphatic hydroxyl groups is 2. The molecule has 0 bridgehead atoms. The molecular weight excluding hydrogens is 577 g/mol. The predicted molar refractivity (Wildman–Crippen MR) is 132 cm³/mol. The van der Waals surface area contributed by atoms with E-state index in [0.29, 0.717) is 9.59 Å². The Kier molecular flexibility index (Phi) is 7.91. The standard InChI is InChI=1S/C23H18Cl3F4N5O3/c1-11(36)21-31-18(32-35(21)14-6-7-16(27)15(25)8-14)10-34-20(26)19(12-2-4-13(24)5-3-12)33(22(34)38)9-17(37)23(28,29)30/h2-8,11,17,36-37H,9-10H2,1H3/t11-,17?/m0/s1. The number of aromatic nitrogens is 5. The zero-order valence-corrected chi connectivity index (χ0v) is 21.6. The molecule has 15 heteroatoms. The van der Waals surface area contributed by atoms with E-state index in [2.05, 4.69) is 10.1 Å². The Bertz CT molecular complexity index is 1530. The fraction of sp³-hybridized carbons (Fsp3) is 0.261. The van der Waals surface area contributed by atoms with Crippen molar-refractivity contribution in [3.05, 3.63) is 85.6 Å². The van der Waals surface area contributed by atoms with Gasteiger partial charge in [-0.3, -0.25) is 9.13 Å². The van der Waals surface area contributed by atoms with Gasteiger partial charge in [0.05, 0.1) is 29.5 Å². The van der Waals surface area contributed by atoms with Gasteiger partial charge in [0.25, 0.3) is 0 Å². The van der Waals surface area contributed by atoms with Crippen molar-refractivity contribution < 1.29 is 27.8 Å². The highest BCUT2D eigenvalue weighted by molar-refractivity contribution is 6.32. The zero-order chi connectivity index (χ0) is 27.9. The number of hydrogen-bond acceptors (Lipinski definition) is 5. The van der Waals surface area contributed by atoms with Crippen molar-refractivity contribution in [2.24, 2.45) is 0 Å². The van der Waals surface area contributed by atoms with E-state index in [1.165, 1.54) is 48.0 Å². The lowest BCUT2D eigenvalue weighted by Crippen LogP contribution is -2.37. The minimum Gasteiger partial charge on any atom is -0.385 e. The van der Waals surface area contributed by atoms with E-state index in [1.54, 1.807) is 0 Å². The van der Waals surface area contributed by atoms with Gasteiger partial charge in [0.1, 0.15) is 17.1 Å². The van der Waals surface area contributed by atoms with Crippen LogP contribution >= 0.6 is 34.8 Å². The molecule has 0 spiro atoms. The van der Waals surface area contributed by atoms with E-state index in [-0.39, 0.29) is 38.8 Å². The Morgan fingerprint density at radius 3 is 2.26 bits per heavy atom. The van der Waals surface area contributed by atoms with E-state index < -0.39 is 43.0 Å². The summed E-state index contributed by atoms with van der Waals surface area (Å²) in [7, 11) is 0. The molecular formula is C23H18Cl3F4N5O3. The van der Waals surface area contributed by atoms with Gasteiger partial charge in [-0.15, -0.1) is 5.10 Å². The zero-order valence-electron chi connectivity index (χ0n) is 19.3. The molecule has 2 aromatic heterocycles. The van der Waals surface area contributed by atoms with Crippen LogP contribution in [0.4, 0.5) is 17.6 Å². The summed E-state index contributed by atoms with van der Waals surface area (Å²) >= 11 is 18.3. The third-order valence-corrected chi connectivity index (χ3v) is 6.44. The number of nitrogens with zero attached hydrogens (tertiary/aromatic N) is 5. The number of benzene rings is 2. The Hall–Kier alpha value is -2.90. The van der Waals surface area contributed by atoms with E-state index >= 15 is 0 Å². The van der Waals surface area contributed by atoms with E-state index in [9.17, 15) is 32.6 Å². The molecule has 0 radical (unpaired) electrons. The third kappa shape index (κ3) is 5.59. The fourth-order valence-electron chi connectivity index (χ4n) is 3.68. The van der Waals surface area contributed by atoms with Crippen molar-refractivity contribution >= 4 is 34.8 Å². The van der Waals surface area contributed by atoms with Gasteiger partial charge < -0.3 is 10.2 Å². The van der Waals surface area contributed by atoms with Gasteiger partial charge in [-0.2, -0.15) is 13.2 Å². The summed E-state index contributed by atoms with van der Waals surface area (Å²) in [5.74, 6) is -0.692. The second kappa shape index (κ2) is 10.7. The van der Waals surface area contributed by atoms with Crippen molar-refractivity contribution in [2.75, 3.05) is 0 Å². The van der Waals surface area contributed by atoms with E-state index in [0.717, 1.165) is 10.6 Å². The molecule has 0 aliphatic heterocycles. The highest BCUT2D eigenvalue weighted by atomic mass is 35.5. The van der Waals surface area contributed by atoms with Crippen molar-refractivity contribution in [3.63, 3.8) is 0 Å². The molecule has 8 nitrogen and oxygen atoms in total. The number of rotatable bonds is 7. The molecule has 2 aromatic carbocycles. The minimum absolute atomic E-state index is 0.0247. The lowest BCUT2D eigenvalue weighted by atomic mass is 10.1. The molecule has 0 fully saturated rings. The third-order valence-electron chi connectivity index (χ3n) is 5.51. The summed E-state index contributed by atoms with van der Waals surface area (Å²) in [6, 6.07) is 9.54. The van der Waals surface area contributed by atoms with Crippen LogP contribution < -0.4 is 5.69 Å². The molecule has 2 heterocycles. The average molecular weight is 595 g/mol. The normalized spacial score (nSPS) is 13.6. The largest absolute Gasteiger partial charge is 0.416 e. The maximum Gasteiger partial charge on any atom is 0.416 e. The van der Waals surface area contributed by atoms with Gasteiger partial charge >= 0.3 is 11.9 Å². The first-order valence-corrected chi connectivity index (χ1v) is 12.0. The number of alkyl halides is 3. The average Bonchev–Trinajstić information content (AvgIpc) is 3.36. The molecule has 0 aliphatic rings. The molecule has 0 amide bonds. The van der Waals surface area contributed by atoms with Crippen molar-refractivity contribution in [2.45, 2.75) is 38.4 Å². The molecule has 0 saturated heterocycles. The van der Waals surface area contributed by atoms with Gasteiger partial charge in [0.2, 0.25) is 0 Å². The summed E-state index contributed by atoms with van der Waals surface area (Å²) in [4.78, 5) is 17.5. The molecule has 4 aromatic rings. The van der Waals surface area contributed by atoms with Crippen LogP contribution in [-0.4, -0.2) is 46.4 Å². The molecule has 1 unspecified atom stereocenters. The molecule has 2 N–H and O–H groups in total. The summed E-state index contributed by atoms with van der Waals surface area (Å²) in [6.45, 7) is -0.126. The van der Waals surface area contributed by atoms with Crippen LogP contribution in [0.2, 0.25) is 15.2 Å². The first kappa shape index (κ1) is 28.1. The van der Waals surface area contributed by atoms with Crippen LogP contribution in [0.3, 0.4) is 0 Å². The highest BCUT2D eigenvalue weighted by Crippen LogP contribution is 2.31.